The van der Waals surface area contributed by atoms with Gasteiger partial charge in [0.25, 0.3) is 0 Å². The molecule has 2 heteroatoms. The van der Waals surface area contributed by atoms with Gasteiger partial charge in [0, 0.05) is 5.57 Å². The Morgan fingerprint density at radius 3 is 2.45 bits per heavy atom. The molecule has 100 valence electrons. The van der Waals surface area contributed by atoms with Crippen LogP contribution in [0.2, 0.25) is 0 Å². The third-order valence-corrected chi connectivity index (χ3v) is 4.21. The Kier molecular flexibility index (Phi) is 2.82. The van der Waals surface area contributed by atoms with Gasteiger partial charge in [0.05, 0.1) is 5.41 Å². The van der Waals surface area contributed by atoms with Gasteiger partial charge in [-0.2, -0.15) is 0 Å². The van der Waals surface area contributed by atoms with Gasteiger partial charge < -0.3 is 0 Å². The second-order valence-corrected chi connectivity index (χ2v) is 5.67. The van der Waals surface area contributed by atoms with E-state index in [1.54, 1.807) is 6.92 Å². The third-order valence-electron chi connectivity index (χ3n) is 4.21. The zero-order valence-corrected chi connectivity index (χ0v) is 11.6. The van der Waals surface area contributed by atoms with Gasteiger partial charge in [0.15, 0.2) is 11.6 Å². The molecule has 1 aromatic carbocycles. The first-order valence-corrected chi connectivity index (χ1v) is 6.76. The summed E-state index contributed by atoms with van der Waals surface area (Å²) in [6.45, 7) is 3.61. The van der Waals surface area contributed by atoms with E-state index in [9.17, 15) is 9.59 Å². The van der Waals surface area contributed by atoms with Gasteiger partial charge in [-0.15, -0.1) is 0 Å². The smallest absolute Gasteiger partial charge is 0.183 e. The summed E-state index contributed by atoms with van der Waals surface area (Å²) in [6.07, 6.45) is 5.82. The van der Waals surface area contributed by atoms with Crippen LogP contribution in [0.25, 0.3) is 5.57 Å². The zero-order chi connectivity index (χ0) is 14.3. The van der Waals surface area contributed by atoms with Gasteiger partial charge in [-0.3, -0.25) is 9.59 Å². The first kappa shape index (κ1) is 12.8. The molecule has 0 aromatic heterocycles. The van der Waals surface area contributed by atoms with E-state index in [0.717, 1.165) is 11.1 Å². The molecule has 0 bridgehead atoms. The summed E-state index contributed by atoms with van der Waals surface area (Å²) in [6, 6.07) is 10.0. The van der Waals surface area contributed by atoms with Crippen LogP contribution < -0.4 is 0 Å². The Hall–Kier alpha value is -2.22. The average molecular weight is 264 g/mol. The summed E-state index contributed by atoms with van der Waals surface area (Å²) in [5.41, 5.74) is 2.68. The molecule has 2 aliphatic rings. The van der Waals surface area contributed by atoms with Crippen LogP contribution in [0.4, 0.5) is 0 Å². The lowest BCUT2D eigenvalue weighted by atomic mass is 9.64. The highest BCUT2D eigenvalue weighted by atomic mass is 16.1. The molecule has 0 radical (unpaired) electrons. The van der Waals surface area contributed by atoms with E-state index in [4.69, 9.17) is 0 Å². The lowest BCUT2D eigenvalue weighted by Gasteiger charge is -2.36. The molecule has 2 nitrogen and oxygen atoms in total. The number of fused-ring (bicyclic) bond motifs is 1. The molecule has 2 aliphatic carbocycles. The highest BCUT2D eigenvalue weighted by Gasteiger charge is 2.44. The van der Waals surface area contributed by atoms with Crippen molar-refractivity contribution in [2.75, 3.05) is 0 Å². The van der Waals surface area contributed by atoms with Crippen LogP contribution in [-0.2, 0) is 9.59 Å². The molecule has 1 atom stereocenters. The summed E-state index contributed by atoms with van der Waals surface area (Å²) in [5.74, 6) is 0.0258. The third kappa shape index (κ3) is 1.80. The lowest BCUT2D eigenvalue weighted by Crippen LogP contribution is -2.38. The largest absolute Gasteiger partial charge is 0.294 e. The Morgan fingerprint density at radius 1 is 1.05 bits per heavy atom. The minimum atomic E-state index is -0.712. The molecule has 0 unspecified atom stereocenters. The SMILES string of the molecule is CC1=CC(=O)C2=CC=C(c3ccccc3)C[C@]2(C)C1=O. The van der Waals surface area contributed by atoms with E-state index in [1.807, 2.05) is 49.4 Å². The molecule has 0 fully saturated rings. The van der Waals surface area contributed by atoms with E-state index < -0.39 is 5.41 Å². The number of rotatable bonds is 1. The van der Waals surface area contributed by atoms with Gasteiger partial charge in [-0.05, 0) is 43.1 Å². The summed E-state index contributed by atoms with van der Waals surface area (Å²) in [4.78, 5) is 24.6. The predicted molar refractivity (Wildman–Crippen MR) is 79.0 cm³/mol. The summed E-state index contributed by atoms with van der Waals surface area (Å²) >= 11 is 0. The summed E-state index contributed by atoms with van der Waals surface area (Å²) < 4.78 is 0. The molecule has 0 N–H and O–H groups in total. The average Bonchev–Trinajstić information content (AvgIpc) is 2.45. The fourth-order valence-corrected chi connectivity index (χ4v) is 3.09. The standard InChI is InChI=1S/C18H16O2/c1-12-10-16(19)15-9-8-14(11-18(15,2)17(12)20)13-6-4-3-5-7-13/h3-10H,11H2,1-2H3/t18-/m0/s1. The fraction of sp³-hybridized carbons (Fsp3) is 0.222. The molecule has 0 heterocycles. The minimum Gasteiger partial charge on any atom is -0.294 e. The number of Topliss-reactive ketones (excluding diaryl/α,β-unsaturated/α-hetero) is 1. The summed E-state index contributed by atoms with van der Waals surface area (Å²) in [7, 11) is 0. The maximum Gasteiger partial charge on any atom is 0.183 e. The van der Waals surface area contributed by atoms with E-state index in [-0.39, 0.29) is 11.6 Å². The van der Waals surface area contributed by atoms with Crippen LogP contribution in [0, 0.1) is 5.41 Å². The van der Waals surface area contributed by atoms with Gasteiger partial charge in [0.1, 0.15) is 0 Å². The molecule has 0 spiro atoms. The first-order valence-electron chi connectivity index (χ1n) is 6.76. The van der Waals surface area contributed by atoms with Gasteiger partial charge >= 0.3 is 0 Å². The van der Waals surface area contributed by atoms with E-state index in [1.165, 1.54) is 6.08 Å². The normalized spacial score (nSPS) is 25.6. The molecule has 20 heavy (non-hydrogen) atoms. The Bertz CT molecular complexity index is 689. The van der Waals surface area contributed by atoms with Crippen LogP contribution in [0.15, 0.2) is 59.7 Å². The number of carbonyl (C=O) groups excluding carboxylic acids is 2. The molecular weight excluding hydrogens is 248 g/mol. The number of hydrogen-bond donors (Lipinski definition) is 0. The quantitative estimate of drug-likeness (QED) is 0.778. The van der Waals surface area contributed by atoms with Crippen molar-refractivity contribution < 1.29 is 9.59 Å². The summed E-state index contributed by atoms with van der Waals surface area (Å²) in [5, 5.41) is 0. The molecule has 0 aliphatic heterocycles. The van der Waals surface area contributed by atoms with E-state index in [2.05, 4.69) is 0 Å². The fourth-order valence-electron chi connectivity index (χ4n) is 3.09. The number of benzene rings is 1. The van der Waals surface area contributed by atoms with Crippen LogP contribution in [0.1, 0.15) is 25.8 Å². The molecule has 0 amide bonds. The van der Waals surface area contributed by atoms with Crippen LogP contribution in [-0.4, -0.2) is 11.6 Å². The van der Waals surface area contributed by atoms with Crippen molar-refractivity contribution in [3.63, 3.8) is 0 Å². The van der Waals surface area contributed by atoms with Crippen molar-refractivity contribution >= 4 is 17.1 Å². The molecule has 0 saturated heterocycles. The molecule has 3 rings (SSSR count). The van der Waals surface area contributed by atoms with Crippen molar-refractivity contribution in [1.29, 1.82) is 0 Å². The minimum absolute atomic E-state index is 0.0343. The zero-order valence-electron chi connectivity index (χ0n) is 11.6. The lowest BCUT2D eigenvalue weighted by molar-refractivity contribution is -0.126. The van der Waals surface area contributed by atoms with Gasteiger partial charge in [-0.25, -0.2) is 0 Å². The number of carbonyl (C=O) groups is 2. The maximum absolute atomic E-state index is 12.5. The van der Waals surface area contributed by atoms with Crippen molar-refractivity contribution in [2.24, 2.45) is 5.41 Å². The Balaban J connectivity index is 2.09. The van der Waals surface area contributed by atoms with Crippen molar-refractivity contribution in [1.82, 2.24) is 0 Å². The number of hydrogen-bond acceptors (Lipinski definition) is 2. The van der Waals surface area contributed by atoms with Crippen molar-refractivity contribution in [2.45, 2.75) is 20.3 Å². The van der Waals surface area contributed by atoms with Crippen molar-refractivity contribution in [3.05, 3.63) is 65.3 Å². The Labute approximate surface area is 118 Å². The monoisotopic (exact) mass is 264 g/mol. The van der Waals surface area contributed by atoms with Crippen LogP contribution in [0.5, 0.6) is 0 Å². The van der Waals surface area contributed by atoms with E-state index in [0.29, 0.717) is 17.6 Å². The second-order valence-electron chi connectivity index (χ2n) is 5.67. The first-order chi connectivity index (χ1) is 9.52. The Morgan fingerprint density at radius 2 is 1.75 bits per heavy atom. The number of allylic oxidation sites excluding steroid dienone is 6. The molecule has 1 aromatic rings. The molecular formula is C18H16O2. The predicted octanol–water partition coefficient (Wildman–Crippen LogP) is 3.50. The topological polar surface area (TPSA) is 34.1 Å². The second kappa shape index (κ2) is 4.41. The highest BCUT2D eigenvalue weighted by molar-refractivity contribution is 6.21. The highest BCUT2D eigenvalue weighted by Crippen LogP contribution is 2.45. The van der Waals surface area contributed by atoms with Crippen LogP contribution >= 0.6 is 0 Å². The number of ketones is 2. The van der Waals surface area contributed by atoms with Crippen LogP contribution in [0.3, 0.4) is 0 Å². The van der Waals surface area contributed by atoms with Crippen molar-refractivity contribution in [3.8, 4) is 0 Å². The van der Waals surface area contributed by atoms with Gasteiger partial charge in [0.2, 0.25) is 0 Å². The van der Waals surface area contributed by atoms with Gasteiger partial charge in [-0.1, -0.05) is 42.5 Å². The van der Waals surface area contributed by atoms with E-state index >= 15 is 0 Å². The maximum atomic E-state index is 12.5. The molecule has 0 saturated carbocycles.